The van der Waals surface area contributed by atoms with Crippen molar-refractivity contribution in [1.29, 1.82) is 0 Å². The molecule has 1 aromatic rings. The second kappa shape index (κ2) is 3.58. The zero-order valence-electron chi connectivity index (χ0n) is 6.85. The predicted octanol–water partition coefficient (Wildman–Crippen LogP) is 2.65. The molecular formula is C10H11BrO. The van der Waals surface area contributed by atoms with E-state index in [0.29, 0.717) is 0 Å². The van der Waals surface area contributed by atoms with Crippen LogP contribution in [0.2, 0.25) is 0 Å². The van der Waals surface area contributed by atoms with E-state index in [0.717, 1.165) is 25.0 Å². The monoisotopic (exact) mass is 226 g/mol. The lowest BCUT2D eigenvalue weighted by atomic mass is 10.0. The van der Waals surface area contributed by atoms with Crippen molar-refractivity contribution in [3.63, 3.8) is 0 Å². The van der Waals surface area contributed by atoms with Gasteiger partial charge in [-0.3, -0.25) is 0 Å². The largest absolute Gasteiger partial charge is 0.376 e. The van der Waals surface area contributed by atoms with E-state index in [1.54, 1.807) is 0 Å². The third-order valence-electron chi connectivity index (χ3n) is 2.20. The van der Waals surface area contributed by atoms with E-state index in [9.17, 15) is 0 Å². The summed E-state index contributed by atoms with van der Waals surface area (Å²) in [5.74, 6) is 0. The van der Waals surface area contributed by atoms with Crippen LogP contribution in [0, 0.1) is 0 Å². The van der Waals surface area contributed by atoms with Gasteiger partial charge in [-0.15, -0.1) is 0 Å². The summed E-state index contributed by atoms with van der Waals surface area (Å²) in [5, 5.41) is 0.931. The van der Waals surface area contributed by atoms with E-state index >= 15 is 0 Å². The van der Waals surface area contributed by atoms with E-state index in [1.807, 2.05) is 0 Å². The molecule has 0 spiro atoms. The molecule has 1 nitrogen and oxygen atoms in total. The van der Waals surface area contributed by atoms with Crippen LogP contribution in [0.5, 0.6) is 0 Å². The van der Waals surface area contributed by atoms with Crippen molar-refractivity contribution >= 4 is 15.9 Å². The topological polar surface area (TPSA) is 9.23 Å². The Morgan fingerprint density at radius 3 is 3.08 bits per heavy atom. The molecule has 0 amide bonds. The van der Waals surface area contributed by atoms with Gasteiger partial charge in [-0.05, 0) is 23.1 Å². The van der Waals surface area contributed by atoms with E-state index in [4.69, 9.17) is 4.74 Å². The second-order valence-electron chi connectivity index (χ2n) is 3.04. The zero-order valence-corrected chi connectivity index (χ0v) is 8.43. The second-order valence-corrected chi connectivity index (χ2v) is 3.60. The molecule has 1 aliphatic heterocycles. The van der Waals surface area contributed by atoms with Gasteiger partial charge in [-0.1, -0.05) is 34.1 Å². The number of fused-ring (bicyclic) bond motifs is 1. The number of hydrogen-bond donors (Lipinski definition) is 0. The maximum atomic E-state index is 5.38. The number of hydrogen-bond acceptors (Lipinski definition) is 1. The molecule has 64 valence electrons. The maximum Gasteiger partial charge on any atom is 0.0719 e. The van der Waals surface area contributed by atoms with Crippen LogP contribution < -0.4 is 0 Å². The Morgan fingerprint density at radius 2 is 2.25 bits per heavy atom. The van der Waals surface area contributed by atoms with Crippen LogP contribution in [0.1, 0.15) is 16.7 Å². The van der Waals surface area contributed by atoms with Gasteiger partial charge in [0.05, 0.1) is 13.2 Å². The Hall–Kier alpha value is -0.340. The highest BCUT2D eigenvalue weighted by Gasteiger charge is 2.08. The smallest absolute Gasteiger partial charge is 0.0719 e. The number of rotatable bonds is 1. The Kier molecular flexibility index (Phi) is 2.47. The summed E-state index contributed by atoms with van der Waals surface area (Å²) >= 11 is 3.44. The molecule has 0 unspecified atom stereocenters. The average Bonchev–Trinajstić information content (AvgIpc) is 2.17. The minimum absolute atomic E-state index is 0.788. The van der Waals surface area contributed by atoms with Crippen LogP contribution in [-0.2, 0) is 23.1 Å². The van der Waals surface area contributed by atoms with E-state index in [-0.39, 0.29) is 0 Å². The average molecular weight is 227 g/mol. The summed E-state index contributed by atoms with van der Waals surface area (Å²) in [6, 6.07) is 6.62. The summed E-state index contributed by atoms with van der Waals surface area (Å²) in [7, 11) is 0. The first kappa shape index (κ1) is 8.27. The highest BCUT2D eigenvalue weighted by molar-refractivity contribution is 9.08. The lowest BCUT2D eigenvalue weighted by Crippen LogP contribution is -2.09. The predicted molar refractivity (Wildman–Crippen MR) is 52.4 cm³/mol. The SMILES string of the molecule is BrCc1ccc2c(c1)COCC2. The van der Waals surface area contributed by atoms with Gasteiger partial charge in [-0.25, -0.2) is 0 Å². The van der Waals surface area contributed by atoms with Gasteiger partial charge in [0.15, 0.2) is 0 Å². The molecule has 1 heterocycles. The molecule has 0 saturated heterocycles. The van der Waals surface area contributed by atoms with Gasteiger partial charge in [0.25, 0.3) is 0 Å². The fraction of sp³-hybridized carbons (Fsp3) is 0.400. The van der Waals surface area contributed by atoms with Crippen molar-refractivity contribution < 1.29 is 4.74 Å². The molecule has 0 fully saturated rings. The molecule has 12 heavy (non-hydrogen) atoms. The van der Waals surface area contributed by atoms with Gasteiger partial charge in [0, 0.05) is 5.33 Å². The van der Waals surface area contributed by atoms with Crippen molar-refractivity contribution in [1.82, 2.24) is 0 Å². The molecule has 0 bridgehead atoms. The number of alkyl halides is 1. The van der Waals surface area contributed by atoms with Crippen LogP contribution in [0.3, 0.4) is 0 Å². The first-order valence-corrected chi connectivity index (χ1v) is 5.26. The minimum atomic E-state index is 0.788. The summed E-state index contributed by atoms with van der Waals surface area (Å²) in [6.07, 6.45) is 1.07. The number of benzene rings is 1. The third-order valence-corrected chi connectivity index (χ3v) is 2.85. The van der Waals surface area contributed by atoms with Crippen LogP contribution in [0.4, 0.5) is 0 Å². The Balaban J connectivity index is 2.36. The molecule has 0 aliphatic carbocycles. The van der Waals surface area contributed by atoms with Crippen molar-refractivity contribution in [3.05, 3.63) is 34.9 Å². The summed E-state index contributed by atoms with van der Waals surface area (Å²) in [5.41, 5.74) is 4.14. The summed E-state index contributed by atoms with van der Waals surface area (Å²) < 4.78 is 5.38. The molecule has 1 aromatic carbocycles. The molecule has 0 atom stereocenters. The first-order valence-electron chi connectivity index (χ1n) is 4.14. The van der Waals surface area contributed by atoms with Crippen molar-refractivity contribution in [3.8, 4) is 0 Å². The molecular weight excluding hydrogens is 216 g/mol. The van der Waals surface area contributed by atoms with Crippen LogP contribution in [0.25, 0.3) is 0 Å². The van der Waals surface area contributed by atoms with Gasteiger partial charge in [0.1, 0.15) is 0 Å². The van der Waals surface area contributed by atoms with Crippen molar-refractivity contribution in [2.45, 2.75) is 18.4 Å². The molecule has 2 heteroatoms. The van der Waals surface area contributed by atoms with Crippen LogP contribution >= 0.6 is 15.9 Å². The van der Waals surface area contributed by atoms with Gasteiger partial charge in [0.2, 0.25) is 0 Å². The molecule has 0 N–H and O–H groups in total. The fourth-order valence-corrected chi connectivity index (χ4v) is 1.85. The Labute approximate surface area is 80.9 Å². The quantitative estimate of drug-likeness (QED) is 0.670. The summed E-state index contributed by atoms with van der Waals surface area (Å²) in [4.78, 5) is 0. The van der Waals surface area contributed by atoms with E-state index in [1.165, 1.54) is 16.7 Å². The molecule has 0 saturated carbocycles. The van der Waals surface area contributed by atoms with Gasteiger partial charge < -0.3 is 4.74 Å². The van der Waals surface area contributed by atoms with E-state index < -0.39 is 0 Å². The number of halogens is 1. The third kappa shape index (κ3) is 1.54. The lowest BCUT2D eigenvalue weighted by Gasteiger charge is -2.16. The Morgan fingerprint density at radius 1 is 1.33 bits per heavy atom. The molecule has 1 aliphatic rings. The molecule has 0 aromatic heterocycles. The van der Waals surface area contributed by atoms with Crippen LogP contribution in [0.15, 0.2) is 18.2 Å². The van der Waals surface area contributed by atoms with Gasteiger partial charge in [-0.2, -0.15) is 0 Å². The van der Waals surface area contributed by atoms with Crippen molar-refractivity contribution in [2.75, 3.05) is 6.61 Å². The number of ether oxygens (including phenoxy) is 1. The van der Waals surface area contributed by atoms with Crippen LogP contribution in [-0.4, -0.2) is 6.61 Å². The zero-order chi connectivity index (χ0) is 8.39. The molecule has 0 radical (unpaired) electrons. The first-order chi connectivity index (χ1) is 5.90. The van der Waals surface area contributed by atoms with E-state index in [2.05, 4.69) is 34.1 Å². The fourth-order valence-electron chi connectivity index (χ4n) is 1.50. The van der Waals surface area contributed by atoms with Gasteiger partial charge >= 0.3 is 0 Å². The highest BCUT2D eigenvalue weighted by Crippen LogP contribution is 2.19. The minimum Gasteiger partial charge on any atom is -0.376 e. The van der Waals surface area contributed by atoms with Crippen molar-refractivity contribution in [2.24, 2.45) is 0 Å². The summed E-state index contributed by atoms with van der Waals surface area (Å²) in [6.45, 7) is 1.66. The Bertz CT molecular complexity index is 283. The molecule has 2 rings (SSSR count). The standard InChI is InChI=1S/C10H11BrO/c11-6-8-1-2-9-3-4-12-7-10(9)5-8/h1-2,5H,3-4,6-7H2. The normalized spacial score (nSPS) is 15.8. The lowest BCUT2D eigenvalue weighted by molar-refractivity contribution is 0.110. The maximum absolute atomic E-state index is 5.38. The highest BCUT2D eigenvalue weighted by atomic mass is 79.9.